The predicted molar refractivity (Wildman–Crippen MR) is 49.9 cm³/mol. The number of carbonyl (C=O) groups excluding carboxylic acids is 1. The summed E-state index contributed by atoms with van der Waals surface area (Å²) in [6, 6.07) is 0. The van der Waals surface area contributed by atoms with Crippen LogP contribution in [-0.4, -0.2) is 16.5 Å². The van der Waals surface area contributed by atoms with E-state index in [1.807, 2.05) is 13.8 Å². The molecule has 0 aromatic rings. The molecule has 0 spiro atoms. The van der Waals surface area contributed by atoms with Crippen LogP contribution in [0.2, 0.25) is 0 Å². The molecule has 0 heterocycles. The van der Waals surface area contributed by atoms with Crippen molar-refractivity contribution >= 4 is 5.78 Å². The molecular weight excluding hydrogens is 152 g/mol. The Kier molecular flexibility index (Phi) is 4.18. The standard InChI is InChI=1S/C10H18O2/c1-5-10(4,12)7-9(11)6-8(2)3/h5,8,12H,1,6-7H2,2-4H3/t10-/m1/s1. The molecule has 0 saturated carbocycles. The zero-order valence-corrected chi connectivity index (χ0v) is 8.13. The molecule has 0 aliphatic rings. The second kappa shape index (κ2) is 4.41. The average Bonchev–Trinajstić information content (AvgIpc) is 1.84. The molecule has 0 aliphatic carbocycles. The van der Waals surface area contributed by atoms with Crippen molar-refractivity contribution in [3.05, 3.63) is 12.7 Å². The highest BCUT2D eigenvalue weighted by Crippen LogP contribution is 2.14. The molecule has 0 aromatic carbocycles. The molecule has 0 aromatic heterocycles. The van der Waals surface area contributed by atoms with Crippen molar-refractivity contribution in [1.29, 1.82) is 0 Å². The Labute approximate surface area is 74.3 Å². The van der Waals surface area contributed by atoms with Gasteiger partial charge in [-0.15, -0.1) is 6.58 Å². The van der Waals surface area contributed by atoms with Gasteiger partial charge in [-0.05, 0) is 12.8 Å². The van der Waals surface area contributed by atoms with Crippen molar-refractivity contribution in [3.63, 3.8) is 0 Å². The Bertz CT molecular complexity index is 169. The number of Topliss-reactive ketones (excluding diaryl/α,β-unsaturated/α-hetero) is 1. The van der Waals surface area contributed by atoms with E-state index < -0.39 is 5.60 Å². The summed E-state index contributed by atoms with van der Waals surface area (Å²) in [7, 11) is 0. The van der Waals surface area contributed by atoms with Crippen molar-refractivity contribution in [3.8, 4) is 0 Å². The van der Waals surface area contributed by atoms with E-state index in [1.54, 1.807) is 6.92 Å². The lowest BCUT2D eigenvalue weighted by Crippen LogP contribution is -2.25. The first-order valence-corrected chi connectivity index (χ1v) is 4.25. The van der Waals surface area contributed by atoms with Crippen molar-refractivity contribution < 1.29 is 9.90 Å². The maximum Gasteiger partial charge on any atom is 0.136 e. The lowest BCUT2D eigenvalue weighted by Gasteiger charge is -2.17. The molecule has 0 radical (unpaired) electrons. The number of hydrogen-bond acceptors (Lipinski definition) is 2. The molecule has 0 rings (SSSR count). The van der Waals surface area contributed by atoms with Gasteiger partial charge in [-0.2, -0.15) is 0 Å². The van der Waals surface area contributed by atoms with Gasteiger partial charge in [0.15, 0.2) is 0 Å². The fourth-order valence-electron chi connectivity index (χ4n) is 0.999. The van der Waals surface area contributed by atoms with Crippen molar-refractivity contribution in [2.45, 2.75) is 39.2 Å². The summed E-state index contributed by atoms with van der Waals surface area (Å²) in [6.07, 6.45) is 2.11. The molecule has 2 nitrogen and oxygen atoms in total. The maximum absolute atomic E-state index is 11.2. The van der Waals surface area contributed by atoms with Gasteiger partial charge in [0.1, 0.15) is 5.78 Å². The number of ketones is 1. The average molecular weight is 170 g/mol. The van der Waals surface area contributed by atoms with Crippen molar-refractivity contribution in [2.75, 3.05) is 0 Å². The molecule has 0 amide bonds. The monoisotopic (exact) mass is 170 g/mol. The van der Waals surface area contributed by atoms with Gasteiger partial charge in [-0.3, -0.25) is 4.79 Å². The normalized spacial score (nSPS) is 15.8. The van der Waals surface area contributed by atoms with E-state index in [0.717, 1.165) is 0 Å². The summed E-state index contributed by atoms with van der Waals surface area (Å²) in [5.74, 6) is 0.452. The number of aliphatic hydroxyl groups is 1. The van der Waals surface area contributed by atoms with E-state index in [1.165, 1.54) is 6.08 Å². The zero-order chi connectivity index (χ0) is 9.78. The van der Waals surface area contributed by atoms with Gasteiger partial charge in [-0.25, -0.2) is 0 Å². The Morgan fingerprint density at radius 3 is 2.50 bits per heavy atom. The molecular formula is C10H18O2. The van der Waals surface area contributed by atoms with Crippen LogP contribution in [0.5, 0.6) is 0 Å². The van der Waals surface area contributed by atoms with Crippen LogP contribution < -0.4 is 0 Å². The lowest BCUT2D eigenvalue weighted by atomic mass is 9.95. The van der Waals surface area contributed by atoms with Gasteiger partial charge < -0.3 is 5.11 Å². The van der Waals surface area contributed by atoms with E-state index in [2.05, 4.69) is 6.58 Å². The molecule has 2 heteroatoms. The third-order valence-electron chi connectivity index (χ3n) is 1.63. The third-order valence-corrected chi connectivity index (χ3v) is 1.63. The predicted octanol–water partition coefficient (Wildman–Crippen LogP) is 1.93. The second-order valence-electron chi connectivity index (χ2n) is 3.87. The van der Waals surface area contributed by atoms with E-state index in [4.69, 9.17) is 0 Å². The molecule has 1 N–H and O–H groups in total. The van der Waals surface area contributed by atoms with Crippen LogP contribution in [0.25, 0.3) is 0 Å². The smallest absolute Gasteiger partial charge is 0.136 e. The Balaban J connectivity index is 3.92. The quantitative estimate of drug-likeness (QED) is 0.640. The van der Waals surface area contributed by atoms with E-state index in [9.17, 15) is 9.90 Å². The lowest BCUT2D eigenvalue weighted by molar-refractivity contribution is -0.122. The number of carbonyl (C=O) groups is 1. The van der Waals surface area contributed by atoms with Crippen molar-refractivity contribution in [1.82, 2.24) is 0 Å². The Morgan fingerprint density at radius 2 is 2.17 bits per heavy atom. The Morgan fingerprint density at radius 1 is 1.67 bits per heavy atom. The van der Waals surface area contributed by atoms with Gasteiger partial charge in [0, 0.05) is 12.8 Å². The highest BCUT2D eigenvalue weighted by atomic mass is 16.3. The van der Waals surface area contributed by atoms with E-state index >= 15 is 0 Å². The van der Waals surface area contributed by atoms with Crippen LogP contribution in [-0.2, 0) is 4.79 Å². The van der Waals surface area contributed by atoms with Gasteiger partial charge >= 0.3 is 0 Å². The van der Waals surface area contributed by atoms with Gasteiger partial charge in [0.25, 0.3) is 0 Å². The van der Waals surface area contributed by atoms with Gasteiger partial charge in [0.05, 0.1) is 5.60 Å². The van der Waals surface area contributed by atoms with Crippen LogP contribution in [0.4, 0.5) is 0 Å². The van der Waals surface area contributed by atoms with Crippen molar-refractivity contribution in [2.24, 2.45) is 5.92 Å². The van der Waals surface area contributed by atoms with Gasteiger partial charge in [0.2, 0.25) is 0 Å². The first-order valence-electron chi connectivity index (χ1n) is 4.25. The molecule has 12 heavy (non-hydrogen) atoms. The minimum absolute atomic E-state index is 0.0925. The summed E-state index contributed by atoms with van der Waals surface area (Å²) in [4.78, 5) is 11.2. The molecule has 0 aliphatic heterocycles. The summed E-state index contributed by atoms with van der Waals surface area (Å²) in [5.41, 5.74) is -1.04. The van der Waals surface area contributed by atoms with E-state index in [-0.39, 0.29) is 12.2 Å². The van der Waals surface area contributed by atoms with Crippen LogP contribution >= 0.6 is 0 Å². The fourth-order valence-corrected chi connectivity index (χ4v) is 0.999. The van der Waals surface area contributed by atoms with Gasteiger partial charge in [-0.1, -0.05) is 19.9 Å². The molecule has 0 unspecified atom stereocenters. The highest BCUT2D eigenvalue weighted by molar-refractivity contribution is 5.79. The SMILES string of the molecule is C=C[C@@](C)(O)CC(=O)CC(C)C. The van der Waals surface area contributed by atoms with Crippen LogP contribution in [0.1, 0.15) is 33.6 Å². The summed E-state index contributed by atoms with van der Waals surface area (Å²) in [6.45, 7) is 9.03. The Hall–Kier alpha value is -0.630. The number of hydrogen-bond donors (Lipinski definition) is 1. The molecule has 0 fully saturated rings. The molecule has 0 saturated heterocycles. The van der Waals surface area contributed by atoms with Crippen LogP contribution in [0.3, 0.4) is 0 Å². The van der Waals surface area contributed by atoms with Crippen LogP contribution in [0, 0.1) is 5.92 Å². The first-order chi connectivity index (χ1) is 5.37. The summed E-state index contributed by atoms with van der Waals surface area (Å²) >= 11 is 0. The molecule has 1 atom stereocenters. The first kappa shape index (κ1) is 11.4. The minimum atomic E-state index is -1.04. The molecule has 0 bridgehead atoms. The third kappa shape index (κ3) is 5.08. The summed E-state index contributed by atoms with van der Waals surface area (Å²) < 4.78 is 0. The summed E-state index contributed by atoms with van der Waals surface area (Å²) in [5, 5.41) is 9.47. The topological polar surface area (TPSA) is 37.3 Å². The molecule has 70 valence electrons. The minimum Gasteiger partial charge on any atom is -0.386 e. The number of rotatable bonds is 5. The second-order valence-corrected chi connectivity index (χ2v) is 3.87. The fraction of sp³-hybridized carbons (Fsp3) is 0.700. The maximum atomic E-state index is 11.2. The largest absolute Gasteiger partial charge is 0.386 e. The zero-order valence-electron chi connectivity index (χ0n) is 8.13. The highest BCUT2D eigenvalue weighted by Gasteiger charge is 2.20. The van der Waals surface area contributed by atoms with E-state index in [0.29, 0.717) is 12.3 Å². The van der Waals surface area contributed by atoms with Crippen LogP contribution in [0.15, 0.2) is 12.7 Å².